The van der Waals surface area contributed by atoms with Gasteiger partial charge in [0.15, 0.2) is 0 Å². The number of hydrogen-bond acceptors (Lipinski definition) is 6. The second-order valence-corrected chi connectivity index (χ2v) is 10.4. The van der Waals surface area contributed by atoms with Gasteiger partial charge in [-0.15, -0.1) is 0 Å². The van der Waals surface area contributed by atoms with E-state index in [1.165, 1.54) is 24.8 Å². The summed E-state index contributed by atoms with van der Waals surface area (Å²) in [6.45, 7) is 4.21. The normalized spacial score (nSPS) is 14.2. The molecule has 0 aliphatic carbocycles. The van der Waals surface area contributed by atoms with Gasteiger partial charge in [-0.3, -0.25) is 14.0 Å². The van der Waals surface area contributed by atoms with Crippen molar-refractivity contribution in [2.45, 2.75) is 18.0 Å². The van der Waals surface area contributed by atoms with Crippen LogP contribution in [0, 0.1) is 0 Å². The highest BCUT2D eigenvalue weighted by atomic mass is 32.2. The average molecular weight is 510 g/mol. The molecule has 0 spiro atoms. The number of nitrogens with one attached hydrogen (secondary N) is 1. The fourth-order valence-electron chi connectivity index (χ4n) is 3.95. The van der Waals surface area contributed by atoms with Crippen molar-refractivity contribution in [3.63, 3.8) is 0 Å². The molecule has 0 unspecified atom stereocenters. The molecule has 1 amide bonds. The molecule has 36 heavy (non-hydrogen) atoms. The van der Waals surface area contributed by atoms with E-state index in [9.17, 15) is 13.2 Å². The minimum atomic E-state index is -3.97. The number of carbonyl (C=O) groups excluding carboxylic acids is 1. The van der Waals surface area contributed by atoms with E-state index < -0.39 is 15.9 Å². The molecule has 1 aliphatic heterocycles. The van der Waals surface area contributed by atoms with Crippen LogP contribution in [0.2, 0.25) is 0 Å². The Kier molecular flexibility index (Phi) is 8.58. The maximum atomic E-state index is 13.4. The van der Waals surface area contributed by atoms with E-state index in [0.29, 0.717) is 18.0 Å². The van der Waals surface area contributed by atoms with Crippen molar-refractivity contribution in [3.8, 4) is 5.75 Å². The summed E-state index contributed by atoms with van der Waals surface area (Å²) in [4.78, 5) is 15.3. The Morgan fingerprint density at radius 3 is 2.22 bits per heavy atom. The summed E-state index contributed by atoms with van der Waals surface area (Å²) in [5.41, 5.74) is 2.56. The van der Waals surface area contributed by atoms with Gasteiger partial charge < -0.3 is 14.8 Å². The van der Waals surface area contributed by atoms with E-state index in [4.69, 9.17) is 9.47 Å². The van der Waals surface area contributed by atoms with Crippen LogP contribution in [0.3, 0.4) is 0 Å². The summed E-state index contributed by atoms with van der Waals surface area (Å²) in [6, 6.07) is 22.8. The van der Waals surface area contributed by atoms with Gasteiger partial charge >= 0.3 is 0 Å². The molecule has 1 N–H and O–H groups in total. The number of morpholine rings is 1. The highest BCUT2D eigenvalue weighted by Gasteiger charge is 2.27. The van der Waals surface area contributed by atoms with Gasteiger partial charge in [0.05, 0.1) is 30.9 Å². The first-order valence-electron chi connectivity index (χ1n) is 11.8. The zero-order valence-corrected chi connectivity index (χ0v) is 21.1. The van der Waals surface area contributed by atoms with Gasteiger partial charge in [0.25, 0.3) is 10.0 Å². The first-order valence-corrected chi connectivity index (χ1v) is 13.3. The molecule has 0 aromatic heterocycles. The summed E-state index contributed by atoms with van der Waals surface area (Å²) in [7, 11) is -2.46. The van der Waals surface area contributed by atoms with Crippen molar-refractivity contribution < 1.29 is 22.7 Å². The number of ether oxygens (including phenoxy) is 2. The molecule has 3 aromatic rings. The van der Waals surface area contributed by atoms with E-state index in [-0.39, 0.29) is 11.4 Å². The molecule has 9 heteroatoms. The van der Waals surface area contributed by atoms with Crippen LogP contribution in [0.4, 0.5) is 5.69 Å². The zero-order chi connectivity index (χ0) is 25.4. The van der Waals surface area contributed by atoms with E-state index in [1.807, 2.05) is 12.1 Å². The topological polar surface area (TPSA) is 88.2 Å². The summed E-state index contributed by atoms with van der Waals surface area (Å²) in [5, 5.41) is 2.85. The van der Waals surface area contributed by atoms with E-state index in [0.717, 1.165) is 42.7 Å². The number of para-hydroxylation sites is 1. The van der Waals surface area contributed by atoms with Crippen LogP contribution in [-0.4, -0.2) is 59.2 Å². The number of sulfonamides is 1. The molecule has 190 valence electrons. The molecule has 0 atom stereocenters. The standard InChI is InChI=1S/C27H31N3O5S/c1-34-25-11-13-26(14-12-25)36(32,33)30(24-5-3-2-4-6-24)21-27(31)28-19-22-7-9-23(10-8-22)20-29-15-17-35-18-16-29/h2-14H,15-21H2,1H3,(H,28,31). The lowest BCUT2D eigenvalue weighted by Crippen LogP contribution is -2.40. The van der Waals surface area contributed by atoms with Crippen LogP contribution in [0.5, 0.6) is 5.75 Å². The molecule has 0 saturated carbocycles. The fraction of sp³-hybridized carbons (Fsp3) is 0.296. The third kappa shape index (κ3) is 6.63. The van der Waals surface area contributed by atoms with Gasteiger partial charge in [0, 0.05) is 26.2 Å². The monoisotopic (exact) mass is 509 g/mol. The first kappa shape index (κ1) is 25.7. The molecule has 1 aliphatic rings. The Morgan fingerprint density at radius 1 is 0.944 bits per heavy atom. The number of benzene rings is 3. The molecule has 3 aromatic carbocycles. The average Bonchev–Trinajstić information content (AvgIpc) is 2.92. The molecule has 1 saturated heterocycles. The quantitative estimate of drug-likeness (QED) is 0.452. The Bertz CT molecular complexity index is 1230. The van der Waals surface area contributed by atoms with E-state index in [2.05, 4.69) is 22.3 Å². The van der Waals surface area contributed by atoms with Gasteiger partial charge in [-0.2, -0.15) is 0 Å². The van der Waals surface area contributed by atoms with Gasteiger partial charge in [-0.1, -0.05) is 42.5 Å². The lowest BCUT2D eigenvalue weighted by molar-refractivity contribution is -0.119. The van der Waals surface area contributed by atoms with Crippen molar-refractivity contribution in [1.82, 2.24) is 10.2 Å². The van der Waals surface area contributed by atoms with Crippen molar-refractivity contribution in [3.05, 3.63) is 90.0 Å². The molecule has 1 heterocycles. The predicted molar refractivity (Wildman–Crippen MR) is 138 cm³/mol. The number of amides is 1. The van der Waals surface area contributed by atoms with Gasteiger partial charge in [-0.05, 0) is 47.5 Å². The number of nitrogens with zero attached hydrogens (tertiary/aromatic N) is 2. The smallest absolute Gasteiger partial charge is 0.264 e. The summed E-state index contributed by atoms with van der Waals surface area (Å²) >= 11 is 0. The Balaban J connectivity index is 1.41. The number of carbonyl (C=O) groups is 1. The Morgan fingerprint density at radius 2 is 1.58 bits per heavy atom. The molecule has 8 nitrogen and oxygen atoms in total. The maximum absolute atomic E-state index is 13.4. The molecule has 1 fully saturated rings. The third-order valence-electron chi connectivity index (χ3n) is 6.00. The van der Waals surface area contributed by atoms with E-state index >= 15 is 0 Å². The summed E-state index contributed by atoms with van der Waals surface area (Å²) < 4.78 is 38.5. The molecule has 4 rings (SSSR count). The van der Waals surface area contributed by atoms with Crippen molar-refractivity contribution >= 4 is 21.6 Å². The van der Waals surface area contributed by atoms with Crippen LogP contribution >= 0.6 is 0 Å². The van der Waals surface area contributed by atoms with Crippen LogP contribution < -0.4 is 14.4 Å². The van der Waals surface area contributed by atoms with Crippen molar-refractivity contribution in [2.24, 2.45) is 0 Å². The largest absolute Gasteiger partial charge is 0.497 e. The Labute approximate surface area is 212 Å². The molecule has 0 radical (unpaired) electrons. The predicted octanol–water partition coefficient (Wildman–Crippen LogP) is 3.04. The number of hydrogen-bond donors (Lipinski definition) is 1. The van der Waals surface area contributed by atoms with E-state index in [1.54, 1.807) is 42.5 Å². The fourth-order valence-corrected chi connectivity index (χ4v) is 5.37. The zero-order valence-electron chi connectivity index (χ0n) is 20.3. The lowest BCUT2D eigenvalue weighted by Gasteiger charge is -2.26. The Hall–Kier alpha value is -3.40. The first-order chi connectivity index (χ1) is 17.5. The maximum Gasteiger partial charge on any atom is 0.264 e. The third-order valence-corrected chi connectivity index (χ3v) is 7.79. The summed E-state index contributed by atoms with van der Waals surface area (Å²) in [5.74, 6) is 0.155. The van der Waals surface area contributed by atoms with Crippen LogP contribution in [0.1, 0.15) is 11.1 Å². The molecular weight excluding hydrogens is 478 g/mol. The summed E-state index contributed by atoms with van der Waals surface area (Å²) in [6.07, 6.45) is 0. The van der Waals surface area contributed by atoms with Gasteiger partial charge in [-0.25, -0.2) is 8.42 Å². The highest BCUT2D eigenvalue weighted by molar-refractivity contribution is 7.92. The second kappa shape index (κ2) is 12.0. The SMILES string of the molecule is COc1ccc(S(=O)(=O)N(CC(=O)NCc2ccc(CN3CCOCC3)cc2)c2ccccc2)cc1. The van der Waals surface area contributed by atoms with Gasteiger partial charge in [0.2, 0.25) is 5.91 Å². The minimum absolute atomic E-state index is 0.0795. The number of anilines is 1. The minimum Gasteiger partial charge on any atom is -0.497 e. The molecule has 0 bridgehead atoms. The number of methoxy groups -OCH3 is 1. The lowest BCUT2D eigenvalue weighted by atomic mass is 10.1. The highest BCUT2D eigenvalue weighted by Crippen LogP contribution is 2.25. The van der Waals surface area contributed by atoms with Crippen molar-refractivity contribution in [2.75, 3.05) is 44.3 Å². The van der Waals surface area contributed by atoms with Crippen molar-refractivity contribution in [1.29, 1.82) is 0 Å². The van der Waals surface area contributed by atoms with Crippen LogP contribution in [0.15, 0.2) is 83.8 Å². The van der Waals surface area contributed by atoms with Gasteiger partial charge in [0.1, 0.15) is 12.3 Å². The van der Waals surface area contributed by atoms with Crippen LogP contribution in [-0.2, 0) is 32.6 Å². The number of rotatable bonds is 10. The second-order valence-electron chi connectivity index (χ2n) is 8.50. The molecular formula is C27H31N3O5S. The van der Waals surface area contributed by atoms with Crippen LogP contribution in [0.25, 0.3) is 0 Å².